The van der Waals surface area contributed by atoms with Gasteiger partial charge in [0.15, 0.2) is 5.75 Å². The summed E-state index contributed by atoms with van der Waals surface area (Å²) < 4.78 is 5.31. The van der Waals surface area contributed by atoms with Crippen LogP contribution in [0, 0.1) is 16.0 Å². The van der Waals surface area contributed by atoms with E-state index in [1.165, 1.54) is 12.1 Å². The molecule has 1 rings (SSSR count). The van der Waals surface area contributed by atoms with Crippen LogP contribution in [0.4, 0.5) is 5.69 Å². The topological polar surface area (TPSA) is 89.7 Å². The monoisotopic (exact) mass is 253 g/mol. The minimum absolute atomic E-state index is 0.102. The van der Waals surface area contributed by atoms with E-state index in [9.17, 15) is 14.9 Å². The van der Waals surface area contributed by atoms with E-state index in [2.05, 4.69) is 0 Å². The van der Waals surface area contributed by atoms with Crippen LogP contribution in [0.2, 0.25) is 0 Å². The van der Waals surface area contributed by atoms with Crippen molar-refractivity contribution in [3.63, 3.8) is 0 Å². The van der Waals surface area contributed by atoms with Gasteiger partial charge in [0.2, 0.25) is 0 Å². The van der Waals surface area contributed by atoms with E-state index in [0.717, 1.165) is 12.5 Å². The maximum absolute atomic E-state index is 10.8. The summed E-state index contributed by atoms with van der Waals surface area (Å²) in [6, 6.07) is 3.62. The highest BCUT2D eigenvalue weighted by Gasteiger charge is 2.18. The molecule has 0 fully saturated rings. The molecule has 0 spiro atoms. The van der Waals surface area contributed by atoms with Gasteiger partial charge in [0.1, 0.15) is 0 Å². The highest BCUT2D eigenvalue weighted by atomic mass is 16.6. The van der Waals surface area contributed by atoms with Gasteiger partial charge in [0, 0.05) is 6.07 Å². The Morgan fingerprint density at radius 3 is 2.67 bits per heavy atom. The highest BCUT2D eigenvalue weighted by Crippen LogP contribution is 2.28. The quantitative estimate of drug-likeness (QED) is 0.621. The second-order valence-electron chi connectivity index (χ2n) is 4.28. The average Bonchev–Trinajstić information content (AvgIpc) is 2.28. The Balaban J connectivity index is 2.90. The van der Waals surface area contributed by atoms with E-state index in [4.69, 9.17) is 9.84 Å². The zero-order valence-electron chi connectivity index (χ0n) is 10.3. The second kappa shape index (κ2) is 6.00. The number of nitrogens with zero attached hydrogens (tertiary/aromatic N) is 1. The Kier molecular flexibility index (Phi) is 4.65. The van der Waals surface area contributed by atoms with Crippen molar-refractivity contribution >= 4 is 11.7 Å². The normalized spacial score (nSPS) is 10.4. The molecule has 1 N–H and O–H groups in total. The molecule has 0 saturated heterocycles. The van der Waals surface area contributed by atoms with Crippen molar-refractivity contribution in [2.75, 3.05) is 6.61 Å². The lowest BCUT2D eigenvalue weighted by Gasteiger charge is -2.08. The van der Waals surface area contributed by atoms with E-state index in [1.54, 1.807) is 0 Å². The maximum Gasteiger partial charge on any atom is 0.335 e. The van der Waals surface area contributed by atoms with Crippen molar-refractivity contribution in [1.82, 2.24) is 0 Å². The van der Waals surface area contributed by atoms with Gasteiger partial charge in [-0.3, -0.25) is 10.1 Å². The number of carboxylic acids is 1. The molecule has 0 unspecified atom stereocenters. The maximum atomic E-state index is 10.8. The van der Waals surface area contributed by atoms with Crippen molar-refractivity contribution in [1.29, 1.82) is 0 Å². The van der Waals surface area contributed by atoms with Gasteiger partial charge < -0.3 is 9.84 Å². The number of benzene rings is 1. The van der Waals surface area contributed by atoms with Crippen molar-refractivity contribution in [3.8, 4) is 5.75 Å². The van der Waals surface area contributed by atoms with Crippen LogP contribution in [0.25, 0.3) is 0 Å². The number of nitro benzene ring substituents is 1. The molecule has 6 heteroatoms. The Morgan fingerprint density at radius 2 is 2.17 bits per heavy atom. The third kappa shape index (κ3) is 3.73. The first-order chi connectivity index (χ1) is 8.41. The van der Waals surface area contributed by atoms with Gasteiger partial charge in [-0.1, -0.05) is 13.8 Å². The van der Waals surface area contributed by atoms with Gasteiger partial charge in [0.25, 0.3) is 0 Å². The lowest BCUT2D eigenvalue weighted by Crippen LogP contribution is -2.05. The molecule has 0 aromatic heterocycles. The molecule has 6 nitrogen and oxygen atoms in total. The molecule has 0 amide bonds. The first-order valence-electron chi connectivity index (χ1n) is 5.56. The van der Waals surface area contributed by atoms with Crippen molar-refractivity contribution in [2.45, 2.75) is 20.3 Å². The molecule has 0 aliphatic carbocycles. The van der Waals surface area contributed by atoms with Crippen LogP contribution in [0.15, 0.2) is 18.2 Å². The molecule has 18 heavy (non-hydrogen) atoms. The fourth-order valence-corrected chi connectivity index (χ4v) is 1.32. The zero-order valence-corrected chi connectivity index (χ0v) is 10.3. The smallest absolute Gasteiger partial charge is 0.335 e. The van der Waals surface area contributed by atoms with Crippen LogP contribution in [0.1, 0.15) is 30.6 Å². The zero-order chi connectivity index (χ0) is 13.7. The fraction of sp³-hybridized carbons (Fsp3) is 0.417. The van der Waals surface area contributed by atoms with E-state index in [1.807, 2.05) is 13.8 Å². The highest BCUT2D eigenvalue weighted by molar-refractivity contribution is 5.88. The number of hydrogen-bond acceptors (Lipinski definition) is 4. The van der Waals surface area contributed by atoms with Gasteiger partial charge >= 0.3 is 11.7 Å². The first kappa shape index (κ1) is 14.0. The third-order valence-corrected chi connectivity index (χ3v) is 2.36. The average molecular weight is 253 g/mol. The number of carboxylic acid groups (broad SMARTS) is 1. The largest absolute Gasteiger partial charge is 0.487 e. The number of rotatable bonds is 6. The summed E-state index contributed by atoms with van der Waals surface area (Å²) in [6.07, 6.45) is 0.776. The Hall–Kier alpha value is -2.11. The number of nitro groups is 1. The molecule has 1 aromatic rings. The van der Waals surface area contributed by atoms with Crippen molar-refractivity contribution in [2.24, 2.45) is 5.92 Å². The van der Waals surface area contributed by atoms with E-state index in [-0.39, 0.29) is 17.0 Å². The van der Waals surface area contributed by atoms with Gasteiger partial charge in [-0.05, 0) is 24.5 Å². The minimum Gasteiger partial charge on any atom is -0.487 e. The van der Waals surface area contributed by atoms with E-state index in [0.29, 0.717) is 12.5 Å². The molecule has 98 valence electrons. The number of aromatic carboxylic acids is 1. The summed E-state index contributed by atoms with van der Waals surface area (Å²) in [7, 11) is 0. The number of ether oxygens (including phenoxy) is 1. The van der Waals surface area contributed by atoms with Crippen LogP contribution < -0.4 is 4.74 Å². The minimum atomic E-state index is -1.20. The molecular weight excluding hydrogens is 238 g/mol. The first-order valence-corrected chi connectivity index (χ1v) is 5.56. The Labute approximate surface area is 104 Å². The molecular formula is C12H15NO5. The molecule has 0 atom stereocenters. The Bertz CT molecular complexity index is 456. The summed E-state index contributed by atoms with van der Waals surface area (Å²) in [5, 5.41) is 19.6. The van der Waals surface area contributed by atoms with Gasteiger partial charge in [-0.25, -0.2) is 4.79 Å². The SMILES string of the molecule is CC(C)CCOc1ccc(C(=O)O)cc1[N+](=O)[O-]. The summed E-state index contributed by atoms with van der Waals surface area (Å²) >= 11 is 0. The lowest BCUT2D eigenvalue weighted by atomic mass is 10.1. The van der Waals surface area contributed by atoms with Crippen LogP contribution in [0.3, 0.4) is 0 Å². The summed E-state index contributed by atoms with van der Waals surface area (Å²) in [6.45, 7) is 4.40. The fourth-order valence-electron chi connectivity index (χ4n) is 1.32. The molecule has 0 heterocycles. The van der Waals surface area contributed by atoms with Crippen LogP contribution in [-0.4, -0.2) is 22.6 Å². The number of carbonyl (C=O) groups is 1. The van der Waals surface area contributed by atoms with Gasteiger partial charge in [-0.2, -0.15) is 0 Å². The number of hydrogen-bond donors (Lipinski definition) is 1. The summed E-state index contributed by atoms with van der Waals surface area (Å²) in [4.78, 5) is 20.9. The molecule has 1 aromatic carbocycles. The Morgan fingerprint density at radius 1 is 1.50 bits per heavy atom. The predicted molar refractivity (Wildman–Crippen MR) is 65.0 cm³/mol. The van der Waals surface area contributed by atoms with E-state index < -0.39 is 10.9 Å². The second-order valence-corrected chi connectivity index (χ2v) is 4.28. The molecule has 0 saturated carbocycles. The van der Waals surface area contributed by atoms with Gasteiger partial charge in [0.05, 0.1) is 17.1 Å². The summed E-state index contributed by atoms with van der Waals surface area (Å²) in [5.74, 6) is -0.667. The standard InChI is InChI=1S/C12H15NO5/c1-8(2)5-6-18-11-4-3-9(12(14)15)7-10(11)13(16)17/h3-4,7-8H,5-6H2,1-2H3,(H,14,15). The van der Waals surface area contributed by atoms with Crippen molar-refractivity contribution in [3.05, 3.63) is 33.9 Å². The third-order valence-electron chi connectivity index (χ3n) is 2.36. The van der Waals surface area contributed by atoms with Crippen LogP contribution in [0.5, 0.6) is 5.75 Å². The van der Waals surface area contributed by atoms with Crippen LogP contribution in [-0.2, 0) is 0 Å². The van der Waals surface area contributed by atoms with Gasteiger partial charge in [-0.15, -0.1) is 0 Å². The molecule has 0 aliphatic heterocycles. The van der Waals surface area contributed by atoms with Crippen molar-refractivity contribution < 1.29 is 19.6 Å². The lowest BCUT2D eigenvalue weighted by molar-refractivity contribution is -0.385. The molecule has 0 aliphatic rings. The van der Waals surface area contributed by atoms with Crippen LogP contribution >= 0.6 is 0 Å². The molecule has 0 bridgehead atoms. The molecule has 0 radical (unpaired) electrons. The van der Waals surface area contributed by atoms with E-state index >= 15 is 0 Å². The predicted octanol–water partition coefficient (Wildman–Crippen LogP) is 2.72. The summed E-state index contributed by atoms with van der Waals surface area (Å²) in [5.41, 5.74) is -0.448.